The summed E-state index contributed by atoms with van der Waals surface area (Å²) in [7, 11) is 0. The number of aryl methyl sites for hydroxylation is 1. The van der Waals surface area contributed by atoms with Crippen molar-refractivity contribution in [3.05, 3.63) is 47.5 Å². The maximum Gasteiger partial charge on any atom is 0.254 e. The van der Waals surface area contributed by atoms with Gasteiger partial charge in [-0.25, -0.2) is 9.97 Å². The van der Waals surface area contributed by atoms with E-state index in [0.717, 1.165) is 5.69 Å². The van der Waals surface area contributed by atoms with Gasteiger partial charge in [-0.3, -0.25) is 4.79 Å². The predicted molar refractivity (Wildman–Crippen MR) is 83.9 cm³/mol. The number of benzene rings is 1. The lowest BCUT2D eigenvalue weighted by Gasteiger charge is -2.32. The summed E-state index contributed by atoms with van der Waals surface area (Å²) >= 11 is 0. The molecule has 0 saturated carbocycles. The van der Waals surface area contributed by atoms with E-state index in [0.29, 0.717) is 42.6 Å². The third-order valence-electron chi connectivity index (χ3n) is 4.10. The maximum absolute atomic E-state index is 12.8. The minimum Gasteiger partial charge on any atom is -0.454 e. The Morgan fingerprint density at radius 2 is 2.12 bits per heavy atom. The zero-order valence-electron chi connectivity index (χ0n) is 13.3. The molecule has 1 aromatic heterocycles. The summed E-state index contributed by atoms with van der Waals surface area (Å²) in [4.78, 5) is 23.1. The van der Waals surface area contributed by atoms with Crippen LogP contribution in [-0.4, -0.2) is 47.3 Å². The first-order chi connectivity index (χ1) is 11.7. The SMILES string of the molecule is Cc1nccc([C@H]2CN(C(=O)c3ccc4c(c3)OCO4)CCO2)n1. The smallest absolute Gasteiger partial charge is 0.254 e. The van der Waals surface area contributed by atoms with E-state index in [-0.39, 0.29) is 18.8 Å². The van der Waals surface area contributed by atoms with Gasteiger partial charge in [-0.05, 0) is 31.2 Å². The molecule has 7 nitrogen and oxygen atoms in total. The van der Waals surface area contributed by atoms with Gasteiger partial charge in [-0.2, -0.15) is 0 Å². The molecule has 0 bridgehead atoms. The molecule has 0 spiro atoms. The molecule has 2 aliphatic heterocycles. The highest BCUT2D eigenvalue weighted by atomic mass is 16.7. The number of aromatic nitrogens is 2. The van der Waals surface area contributed by atoms with Gasteiger partial charge < -0.3 is 19.1 Å². The van der Waals surface area contributed by atoms with Crippen molar-refractivity contribution < 1.29 is 19.0 Å². The summed E-state index contributed by atoms with van der Waals surface area (Å²) in [5.41, 5.74) is 1.38. The van der Waals surface area contributed by atoms with Crippen LogP contribution in [0.5, 0.6) is 11.5 Å². The second-order valence-electron chi connectivity index (χ2n) is 5.71. The highest BCUT2D eigenvalue weighted by Crippen LogP contribution is 2.33. The van der Waals surface area contributed by atoms with Gasteiger partial charge in [0.05, 0.1) is 18.8 Å². The topological polar surface area (TPSA) is 73.8 Å². The van der Waals surface area contributed by atoms with Crippen LogP contribution in [0.15, 0.2) is 30.5 Å². The standard InChI is InChI=1S/C17H17N3O4/c1-11-18-5-4-13(19-11)16-9-20(6-7-22-16)17(21)12-2-3-14-15(8-12)24-10-23-14/h2-5,8,16H,6-7,9-10H2,1H3/t16-/m1/s1. The first-order valence-corrected chi connectivity index (χ1v) is 7.81. The molecular formula is C17H17N3O4. The van der Waals surface area contributed by atoms with Crippen LogP contribution in [0.3, 0.4) is 0 Å². The normalized spacial score (nSPS) is 19.4. The minimum atomic E-state index is -0.238. The van der Waals surface area contributed by atoms with Crippen molar-refractivity contribution in [1.82, 2.24) is 14.9 Å². The molecule has 1 saturated heterocycles. The Bertz CT molecular complexity index is 780. The van der Waals surface area contributed by atoms with Crippen LogP contribution in [0.2, 0.25) is 0 Å². The Hall–Kier alpha value is -2.67. The molecule has 4 rings (SSSR count). The van der Waals surface area contributed by atoms with Crippen molar-refractivity contribution in [1.29, 1.82) is 0 Å². The van der Waals surface area contributed by atoms with E-state index >= 15 is 0 Å². The molecule has 7 heteroatoms. The average Bonchev–Trinajstić information content (AvgIpc) is 3.09. The lowest BCUT2D eigenvalue weighted by molar-refractivity contribution is -0.0248. The molecule has 124 valence electrons. The van der Waals surface area contributed by atoms with E-state index in [1.54, 1.807) is 29.3 Å². The number of ether oxygens (including phenoxy) is 3. The highest BCUT2D eigenvalue weighted by molar-refractivity contribution is 5.95. The van der Waals surface area contributed by atoms with E-state index in [1.165, 1.54) is 0 Å². The van der Waals surface area contributed by atoms with Gasteiger partial charge in [0.15, 0.2) is 11.5 Å². The molecule has 1 aromatic carbocycles. The quantitative estimate of drug-likeness (QED) is 0.836. The molecule has 1 amide bonds. The van der Waals surface area contributed by atoms with Crippen LogP contribution in [0.25, 0.3) is 0 Å². The van der Waals surface area contributed by atoms with Gasteiger partial charge in [0, 0.05) is 18.3 Å². The summed E-state index contributed by atoms with van der Waals surface area (Å²) < 4.78 is 16.4. The van der Waals surface area contributed by atoms with Crippen LogP contribution in [0.1, 0.15) is 28.0 Å². The molecular weight excluding hydrogens is 310 g/mol. The number of amides is 1. The average molecular weight is 327 g/mol. The zero-order chi connectivity index (χ0) is 16.5. The Morgan fingerprint density at radius 3 is 3.00 bits per heavy atom. The van der Waals surface area contributed by atoms with E-state index in [9.17, 15) is 4.79 Å². The van der Waals surface area contributed by atoms with Crippen LogP contribution < -0.4 is 9.47 Å². The summed E-state index contributed by atoms with van der Waals surface area (Å²) in [6, 6.07) is 7.08. The summed E-state index contributed by atoms with van der Waals surface area (Å²) in [6.07, 6.45) is 1.47. The largest absolute Gasteiger partial charge is 0.454 e. The van der Waals surface area contributed by atoms with E-state index in [1.807, 2.05) is 13.0 Å². The molecule has 0 aliphatic carbocycles. The fourth-order valence-corrected chi connectivity index (χ4v) is 2.88. The van der Waals surface area contributed by atoms with Crippen molar-refractivity contribution in [2.45, 2.75) is 13.0 Å². The van der Waals surface area contributed by atoms with Crippen molar-refractivity contribution in [2.75, 3.05) is 26.5 Å². The molecule has 24 heavy (non-hydrogen) atoms. The molecule has 0 unspecified atom stereocenters. The number of fused-ring (bicyclic) bond motifs is 1. The van der Waals surface area contributed by atoms with E-state index in [4.69, 9.17) is 14.2 Å². The van der Waals surface area contributed by atoms with Gasteiger partial charge in [0.1, 0.15) is 11.9 Å². The third kappa shape index (κ3) is 2.78. The summed E-state index contributed by atoms with van der Waals surface area (Å²) in [5.74, 6) is 1.92. The van der Waals surface area contributed by atoms with Crippen LogP contribution in [-0.2, 0) is 4.74 Å². The summed E-state index contributed by atoms with van der Waals surface area (Å²) in [5, 5.41) is 0. The molecule has 1 atom stereocenters. The molecule has 3 heterocycles. The van der Waals surface area contributed by atoms with Gasteiger partial charge in [-0.1, -0.05) is 0 Å². The number of carbonyl (C=O) groups excluding carboxylic acids is 1. The lowest BCUT2D eigenvalue weighted by atomic mass is 10.1. The van der Waals surface area contributed by atoms with Crippen LogP contribution in [0, 0.1) is 6.92 Å². The molecule has 2 aromatic rings. The fraction of sp³-hybridized carbons (Fsp3) is 0.353. The van der Waals surface area contributed by atoms with Crippen molar-refractivity contribution >= 4 is 5.91 Å². The van der Waals surface area contributed by atoms with Gasteiger partial charge >= 0.3 is 0 Å². The minimum absolute atomic E-state index is 0.0487. The van der Waals surface area contributed by atoms with E-state index < -0.39 is 0 Å². The molecule has 0 radical (unpaired) electrons. The number of carbonyl (C=O) groups is 1. The third-order valence-corrected chi connectivity index (χ3v) is 4.10. The van der Waals surface area contributed by atoms with Crippen molar-refractivity contribution in [3.8, 4) is 11.5 Å². The first kappa shape index (κ1) is 14.9. The van der Waals surface area contributed by atoms with Crippen LogP contribution >= 0.6 is 0 Å². The summed E-state index contributed by atoms with van der Waals surface area (Å²) in [6.45, 7) is 3.52. The number of hydrogen-bond acceptors (Lipinski definition) is 6. The first-order valence-electron chi connectivity index (χ1n) is 7.81. The van der Waals surface area contributed by atoms with Gasteiger partial charge in [-0.15, -0.1) is 0 Å². The van der Waals surface area contributed by atoms with Crippen molar-refractivity contribution in [3.63, 3.8) is 0 Å². The second-order valence-corrected chi connectivity index (χ2v) is 5.71. The Balaban J connectivity index is 1.52. The Labute approximate surface area is 139 Å². The van der Waals surface area contributed by atoms with Gasteiger partial charge in [0.25, 0.3) is 5.91 Å². The predicted octanol–water partition coefficient (Wildman–Crippen LogP) is 1.73. The number of rotatable bonds is 2. The molecule has 1 fully saturated rings. The number of morpholine rings is 1. The lowest BCUT2D eigenvalue weighted by Crippen LogP contribution is -2.42. The maximum atomic E-state index is 12.8. The fourth-order valence-electron chi connectivity index (χ4n) is 2.88. The zero-order valence-corrected chi connectivity index (χ0v) is 13.3. The molecule has 2 aliphatic rings. The number of nitrogens with zero attached hydrogens (tertiary/aromatic N) is 3. The second kappa shape index (κ2) is 6.09. The monoisotopic (exact) mass is 327 g/mol. The Morgan fingerprint density at radius 1 is 1.25 bits per heavy atom. The van der Waals surface area contributed by atoms with Crippen LogP contribution in [0.4, 0.5) is 0 Å². The van der Waals surface area contributed by atoms with Crippen molar-refractivity contribution in [2.24, 2.45) is 0 Å². The van der Waals surface area contributed by atoms with E-state index in [2.05, 4.69) is 9.97 Å². The highest BCUT2D eigenvalue weighted by Gasteiger charge is 2.28. The Kier molecular flexibility index (Phi) is 3.78. The van der Waals surface area contributed by atoms with Gasteiger partial charge in [0.2, 0.25) is 6.79 Å². The molecule has 0 N–H and O–H groups in total. The number of hydrogen-bond donors (Lipinski definition) is 0.